The van der Waals surface area contributed by atoms with Gasteiger partial charge in [-0.25, -0.2) is 0 Å². The van der Waals surface area contributed by atoms with E-state index in [1.807, 2.05) is 16.7 Å². The van der Waals surface area contributed by atoms with Crippen molar-refractivity contribution >= 4 is 17.7 Å². The number of thioether (sulfide) groups is 1. The van der Waals surface area contributed by atoms with Crippen LogP contribution in [0.1, 0.15) is 25.7 Å². The lowest BCUT2D eigenvalue weighted by atomic mass is 9.84. The number of likely N-dealkylation sites (tertiary alicyclic amines) is 1. The largest absolute Gasteiger partial charge is 0.340 e. The van der Waals surface area contributed by atoms with Gasteiger partial charge in [-0.2, -0.15) is 11.8 Å². The first-order valence-corrected chi connectivity index (χ1v) is 6.49. The van der Waals surface area contributed by atoms with E-state index in [9.17, 15) is 4.79 Å². The highest BCUT2D eigenvalue weighted by molar-refractivity contribution is 8.00. The lowest BCUT2D eigenvalue weighted by Crippen LogP contribution is -2.47. The predicted molar refractivity (Wildman–Crippen MR) is 59.3 cm³/mol. The maximum atomic E-state index is 11.6. The highest BCUT2D eigenvalue weighted by Crippen LogP contribution is 2.43. The first-order valence-electron chi connectivity index (χ1n) is 5.26. The number of nitrogens with zero attached hydrogens (tertiary/aromatic N) is 1. The zero-order chi connectivity index (χ0) is 10.2. The number of rotatable bonds is 3. The van der Waals surface area contributed by atoms with Gasteiger partial charge in [0, 0.05) is 17.8 Å². The molecule has 14 heavy (non-hydrogen) atoms. The molecule has 1 unspecified atom stereocenters. The van der Waals surface area contributed by atoms with Crippen molar-refractivity contribution in [1.82, 2.24) is 4.90 Å². The topological polar surface area (TPSA) is 46.3 Å². The molecule has 1 amide bonds. The standard InChI is InChI=1S/C10H18N2OS/c1-14-10(4-2-5-10)7-12-6-3-8(11)9(12)13/h8H,2-7,11H2,1H3. The predicted octanol–water partition coefficient (Wildman–Crippen LogP) is 0.832. The summed E-state index contributed by atoms with van der Waals surface area (Å²) in [5.74, 6) is 0.158. The molecule has 0 bridgehead atoms. The molecule has 0 aromatic rings. The van der Waals surface area contributed by atoms with Crippen molar-refractivity contribution < 1.29 is 4.79 Å². The molecular weight excluding hydrogens is 196 g/mol. The fourth-order valence-corrected chi connectivity index (χ4v) is 3.25. The van der Waals surface area contributed by atoms with Crippen LogP contribution in [0.3, 0.4) is 0 Å². The SMILES string of the molecule is CSC1(CN2CCC(N)C2=O)CCC1. The van der Waals surface area contributed by atoms with Crippen LogP contribution in [0.2, 0.25) is 0 Å². The lowest BCUT2D eigenvalue weighted by molar-refractivity contribution is -0.129. The number of amides is 1. The molecule has 0 aromatic heterocycles. The summed E-state index contributed by atoms with van der Waals surface area (Å²) in [6.07, 6.45) is 6.82. The molecule has 0 spiro atoms. The molecular formula is C10H18N2OS. The van der Waals surface area contributed by atoms with E-state index in [0.29, 0.717) is 4.75 Å². The van der Waals surface area contributed by atoms with Gasteiger partial charge in [-0.1, -0.05) is 6.42 Å². The summed E-state index contributed by atoms with van der Waals surface area (Å²) < 4.78 is 0.361. The molecule has 1 heterocycles. The summed E-state index contributed by atoms with van der Waals surface area (Å²) in [6.45, 7) is 1.78. The monoisotopic (exact) mass is 214 g/mol. The van der Waals surface area contributed by atoms with Crippen molar-refractivity contribution in [3.63, 3.8) is 0 Å². The van der Waals surface area contributed by atoms with Gasteiger partial charge in [0.05, 0.1) is 6.04 Å². The molecule has 1 atom stereocenters. The third kappa shape index (κ3) is 1.65. The van der Waals surface area contributed by atoms with Gasteiger partial charge in [0.1, 0.15) is 0 Å². The molecule has 0 aromatic carbocycles. The second-order valence-electron chi connectivity index (χ2n) is 4.40. The highest BCUT2D eigenvalue weighted by Gasteiger charge is 2.41. The van der Waals surface area contributed by atoms with Gasteiger partial charge in [-0.15, -0.1) is 0 Å². The zero-order valence-electron chi connectivity index (χ0n) is 8.66. The van der Waals surface area contributed by atoms with Gasteiger partial charge in [0.15, 0.2) is 0 Å². The summed E-state index contributed by atoms with van der Waals surface area (Å²) in [7, 11) is 0. The smallest absolute Gasteiger partial charge is 0.239 e. The summed E-state index contributed by atoms with van der Waals surface area (Å²) >= 11 is 1.91. The Balaban J connectivity index is 1.94. The molecule has 2 fully saturated rings. The Bertz CT molecular complexity index is 235. The highest BCUT2D eigenvalue weighted by atomic mass is 32.2. The molecule has 2 rings (SSSR count). The zero-order valence-corrected chi connectivity index (χ0v) is 9.48. The van der Waals surface area contributed by atoms with Crippen molar-refractivity contribution in [1.29, 1.82) is 0 Å². The number of hydrogen-bond acceptors (Lipinski definition) is 3. The first-order chi connectivity index (χ1) is 6.67. The molecule has 2 aliphatic rings. The van der Waals surface area contributed by atoms with Gasteiger partial charge in [0.2, 0.25) is 5.91 Å². The van der Waals surface area contributed by atoms with Crippen LogP contribution in [0.4, 0.5) is 0 Å². The van der Waals surface area contributed by atoms with Crippen molar-refractivity contribution in [2.24, 2.45) is 5.73 Å². The van der Waals surface area contributed by atoms with Crippen LogP contribution in [0, 0.1) is 0 Å². The van der Waals surface area contributed by atoms with Crippen LogP contribution in [0.15, 0.2) is 0 Å². The van der Waals surface area contributed by atoms with Crippen molar-refractivity contribution in [3.8, 4) is 0 Å². The van der Waals surface area contributed by atoms with E-state index in [2.05, 4.69) is 6.26 Å². The molecule has 1 saturated carbocycles. The Morgan fingerprint density at radius 1 is 1.64 bits per heavy atom. The lowest BCUT2D eigenvalue weighted by Gasteiger charge is -2.43. The Morgan fingerprint density at radius 3 is 2.71 bits per heavy atom. The summed E-state index contributed by atoms with van der Waals surface area (Å²) in [4.78, 5) is 13.6. The molecule has 4 heteroatoms. The molecule has 1 saturated heterocycles. The van der Waals surface area contributed by atoms with Gasteiger partial charge in [0.25, 0.3) is 0 Å². The molecule has 1 aliphatic heterocycles. The van der Waals surface area contributed by atoms with Crippen molar-refractivity contribution in [3.05, 3.63) is 0 Å². The van der Waals surface area contributed by atoms with E-state index in [4.69, 9.17) is 5.73 Å². The second-order valence-corrected chi connectivity index (χ2v) is 5.67. The van der Waals surface area contributed by atoms with Crippen LogP contribution in [0.5, 0.6) is 0 Å². The quantitative estimate of drug-likeness (QED) is 0.757. The minimum atomic E-state index is -0.228. The number of nitrogens with two attached hydrogens (primary N) is 1. The Kier molecular flexibility index (Phi) is 2.75. The maximum absolute atomic E-state index is 11.6. The fraction of sp³-hybridized carbons (Fsp3) is 0.900. The first kappa shape index (κ1) is 10.3. The molecule has 1 aliphatic carbocycles. The molecule has 3 nitrogen and oxygen atoms in total. The summed E-state index contributed by atoms with van der Waals surface area (Å²) in [6, 6.07) is -0.228. The average molecular weight is 214 g/mol. The van der Waals surface area contributed by atoms with E-state index in [1.54, 1.807) is 0 Å². The van der Waals surface area contributed by atoms with E-state index in [1.165, 1.54) is 19.3 Å². The van der Waals surface area contributed by atoms with Crippen molar-refractivity contribution in [2.45, 2.75) is 36.5 Å². The van der Waals surface area contributed by atoms with Crippen LogP contribution >= 0.6 is 11.8 Å². The molecule has 80 valence electrons. The van der Waals surface area contributed by atoms with Gasteiger partial charge < -0.3 is 10.6 Å². The van der Waals surface area contributed by atoms with Gasteiger partial charge in [-0.05, 0) is 25.5 Å². The summed E-state index contributed by atoms with van der Waals surface area (Å²) in [5, 5.41) is 0. The number of carbonyl (C=O) groups is 1. The molecule has 2 N–H and O–H groups in total. The molecule has 0 radical (unpaired) electrons. The number of hydrogen-bond donors (Lipinski definition) is 1. The van der Waals surface area contributed by atoms with Crippen LogP contribution in [0.25, 0.3) is 0 Å². The van der Waals surface area contributed by atoms with Crippen LogP contribution in [-0.2, 0) is 4.79 Å². The third-order valence-corrected chi connectivity index (χ3v) is 4.92. The van der Waals surface area contributed by atoms with E-state index < -0.39 is 0 Å². The maximum Gasteiger partial charge on any atom is 0.239 e. The van der Waals surface area contributed by atoms with E-state index >= 15 is 0 Å². The minimum absolute atomic E-state index is 0.158. The summed E-state index contributed by atoms with van der Waals surface area (Å²) in [5.41, 5.74) is 5.69. The average Bonchev–Trinajstić information content (AvgIpc) is 2.42. The fourth-order valence-electron chi connectivity index (χ4n) is 2.27. The Labute approximate surface area is 89.4 Å². The van der Waals surface area contributed by atoms with Crippen molar-refractivity contribution in [2.75, 3.05) is 19.3 Å². The van der Waals surface area contributed by atoms with Gasteiger partial charge in [-0.3, -0.25) is 4.79 Å². The Hall–Kier alpha value is -0.220. The normalized spacial score (nSPS) is 30.6. The minimum Gasteiger partial charge on any atom is -0.340 e. The van der Waals surface area contributed by atoms with E-state index in [-0.39, 0.29) is 11.9 Å². The van der Waals surface area contributed by atoms with Gasteiger partial charge >= 0.3 is 0 Å². The van der Waals surface area contributed by atoms with Crippen LogP contribution < -0.4 is 5.73 Å². The third-order valence-electron chi connectivity index (χ3n) is 3.52. The van der Waals surface area contributed by atoms with Crippen LogP contribution in [-0.4, -0.2) is 40.9 Å². The second kappa shape index (κ2) is 3.74. The number of carbonyl (C=O) groups excluding carboxylic acids is 1. The van der Waals surface area contributed by atoms with E-state index in [0.717, 1.165) is 19.5 Å². The Morgan fingerprint density at radius 2 is 2.36 bits per heavy atom.